The summed E-state index contributed by atoms with van der Waals surface area (Å²) in [5.74, 6) is -1.87. The van der Waals surface area contributed by atoms with Crippen molar-refractivity contribution in [3.63, 3.8) is 0 Å². The van der Waals surface area contributed by atoms with E-state index in [4.69, 9.17) is 0 Å². The fourth-order valence-electron chi connectivity index (χ4n) is 2.15. The van der Waals surface area contributed by atoms with Gasteiger partial charge in [-0.2, -0.15) is 13.2 Å². The summed E-state index contributed by atoms with van der Waals surface area (Å²) < 4.78 is 85.1. The molecule has 0 saturated heterocycles. The van der Waals surface area contributed by atoms with Crippen molar-refractivity contribution in [2.45, 2.75) is 12.5 Å². The van der Waals surface area contributed by atoms with Crippen molar-refractivity contribution in [1.82, 2.24) is 0 Å². The Labute approximate surface area is 137 Å². The molecule has 0 fully saturated rings. The van der Waals surface area contributed by atoms with E-state index in [1.165, 1.54) is 18.2 Å². The molecule has 2 aromatic carbocycles. The van der Waals surface area contributed by atoms with Gasteiger partial charge in [0.1, 0.15) is 5.75 Å². The van der Waals surface area contributed by atoms with E-state index in [9.17, 15) is 31.1 Å². The zero-order chi connectivity index (χ0) is 18.8. The van der Waals surface area contributed by atoms with Gasteiger partial charge in [0, 0.05) is 5.56 Å². The Bertz CT molecular complexity index is 780. The third-order valence-electron chi connectivity index (χ3n) is 3.15. The molecule has 2 rings (SSSR count). The SMILES string of the molecule is COC(=O)c1ccc(-c2ccccc2OC(F)(F)F)cc1C(F)(F)F. The minimum Gasteiger partial charge on any atom is -0.465 e. The molecule has 3 nitrogen and oxygen atoms in total. The number of ether oxygens (including phenoxy) is 2. The molecule has 0 N–H and O–H groups in total. The van der Waals surface area contributed by atoms with Gasteiger partial charge >= 0.3 is 18.5 Å². The smallest absolute Gasteiger partial charge is 0.465 e. The predicted octanol–water partition coefficient (Wildman–Crippen LogP) is 5.06. The number of carbonyl (C=O) groups is 1. The van der Waals surface area contributed by atoms with Gasteiger partial charge in [0.15, 0.2) is 0 Å². The fourth-order valence-corrected chi connectivity index (χ4v) is 2.15. The van der Waals surface area contributed by atoms with Crippen LogP contribution < -0.4 is 4.74 Å². The van der Waals surface area contributed by atoms with Gasteiger partial charge in [0.2, 0.25) is 0 Å². The van der Waals surface area contributed by atoms with Crippen molar-refractivity contribution in [2.24, 2.45) is 0 Å². The number of esters is 1. The second kappa shape index (κ2) is 6.66. The highest BCUT2D eigenvalue weighted by Crippen LogP contribution is 2.38. The van der Waals surface area contributed by atoms with Crippen LogP contribution in [0.15, 0.2) is 42.5 Å². The van der Waals surface area contributed by atoms with Crippen LogP contribution in [0.5, 0.6) is 5.75 Å². The van der Waals surface area contributed by atoms with E-state index in [0.29, 0.717) is 6.07 Å². The topological polar surface area (TPSA) is 35.5 Å². The highest BCUT2D eigenvalue weighted by molar-refractivity contribution is 5.92. The summed E-state index contributed by atoms with van der Waals surface area (Å²) in [5, 5.41) is 0. The number of para-hydroxylation sites is 1. The molecular weight excluding hydrogens is 354 g/mol. The Kier molecular flexibility index (Phi) is 4.96. The lowest BCUT2D eigenvalue weighted by Gasteiger charge is -2.16. The number of hydrogen-bond donors (Lipinski definition) is 0. The van der Waals surface area contributed by atoms with Gasteiger partial charge in [0.05, 0.1) is 18.2 Å². The molecule has 0 aromatic heterocycles. The lowest BCUT2D eigenvalue weighted by molar-refractivity contribution is -0.274. The number of halogens is 6. The van der Waals surface area contributed by atoms with E-state index in [2.05, 4.69) is 9.47 Å². The minimum atomic E-state index is -5.01. The molecule has 0 radical (unpaired) electrons. The molecule has 0 aliphatic carbocycles. The van der Waals surface area contributed by atoms with Crippen LogP contribution >= 0.6 is 0 Å². The third kappa shape index (κ3) is 4.43. The van der Waals surface area contributed by atoms with Crippen LogP contribution in [0.3, 0.4) is 0 Å². The first-order valence-electron chi connectivity index (χ1n) is 6.67. The van der Waals surface area contributed by atoms with Crippen LogP contribution in [0.1, 0.15) is 15.9 Å². The Morgan fingerprint density at radius 3 is 2.16 bits per heavy atom. The first-order valence-corrected chi connectivity index (χ1v) is 6.67. The maximum absolute atomic E-state index is 13.2. The number of benzene rings is 2. The van der Waals surface area contributed by atoms with Gasteiger partial charge in [-0.3, -0.25) is 0 Å². The lowest BCUT2D eigenvalue weighted by atomic mass is 9.98. The molecule has 0 spiro atoms. The normalized spacial score (nSPS) is 12.0. The summed E-state index contributed by atoms with van der Waals surface area (Å²) in [6.45, 7) is 0. The molecule has 0 atom stereocenters. The maximum Gasteiger partial charge on any atom is 0.573 e. The van der Waals surface area contributed by atoms with Gasteiger partial charge in [-0.1, -0.05) is 24.3 Å². The van der Waals surface area contributed by atoms with E-state index < -0.39 is 35.4 Å². The van der Waals surface area contributed by atoms with Gasteiger partial charge in [-0.25, -0.2) is 4.79 Å². The van der Waals surface area contributed by atoms with E-state index in [0.717, 1.165) is 25.3 Å². The molecule has 0 aliphatic heterocycles. The number of alkyl halides is 6. The molecule has 0 amide bonds. The van der Waals surface area contributed by atoms with Crippen molar-refractivity contribution < 1.29 is 40.6 Å². The average molecular weight is 364 g/mol. The number of rotatable bonds is 3. The molecule has 25 heavy (non-hydrogen) atoms. The molecule has 0 saturated carbocycles. The van der Waals surface area contributed by atoms with Gasteiger partial charge < -0.3 is 9.47 Å². The summed E-state index contributed by atoms with van der Waals surface area (Å²) in [7, 11) is 0.920. The Balaban J connectivity index is 2.60. The maximum atomic E-state index is 13.2. The van der Waals surface area contributed by atoms with E-state index in [1.54, 1.807) is 0 Å². The summed E-state index contributed by atoms with van der Waals surface area (Å²) in [6, 6.07) is 7.25. The van der Waals surface area contributed by atoms with E-state index in [1.807, 2.05) is 0 Å². The van der Waals surface area contributed by atoms with Crippen LogP contribution in [0.25, 0.3) is 11.1 Å². The van der Waals surface area contributed by atoms with Crippen molar-refractivity contribution in [3.8, 4) is 16.9 Å². The standard InChI is InChI=1S/C16H10F6O3/c1-24-14(23)11-7-6-9(8-12(11)15(17,18)19)10-4-2-3-5-13(10)25-16(20,21)22/h2-8H,1H3. The first-order chi connectivity index (χ1) is 11.5. The molecular formula is C16H10F6O3. The number of hydrogen-bond acceptors (Lipinski definition) is 3. The van der Waals surface area contributed by atoms with Crippen LogP contribution in [-0.4, -0.2) is 19.4 Å². The van der Waals surface area contributed by atoms with Gasteiger partial charge in [-0.15, -0.1) is 13.2 Å². The quantitative estimate of drug-likeness (QED) is 0.564. The van der Waals surface area contributed by atoms with Gasteiger partial charge in [0.25, 0.3) is 0 Å². The molecule has 134 valence electrons. The fraction of sp³-hybridized carbons (Fsp3) is 0.188. The van der Waals surface area contributed by atoms with Crippen molar-refractivity contribution in [2.75, 3.05) is 7.11 Å². The molecule has 0 heterocycles. The van der Waals surface area contributed by atoms with Crippen molar-refractivity contribution >= 4 is 5.97 Å². The highest BCUT2D eigenvalue weighted by Gasteiger charge is 2.36. The van der Waals surface area contributed by atoms with Crippen LogP contribution in [-0.2, 0) is 10.9 Å². The summed E-state index contributed by atoms with van der Waals surface area (Å²) in [6.07, 6.45) is -9.91. The number of methoxy groups -OCH3 is 1. The molecule has 2 aromatic rings. The van der Waals surface area contributed by atoms with Crippen LogP contribution in [0.4, 0.5) is 26.3 Å². The largest absolute Gasteiger partial charge is 0.573 e. The lowest BCUT2D eigenvalue weighted by Crippen LogP contribution is -2.18. The van der Waals surface area contributed by atoms with Crippen LogP contribution in [0.2, 0.25) is 0 Å². The average Bonchev–Trinajstić information content (AvgIpc) is 2.52. The monoisotopic (exact) mass is 364 g/mol. The first kappa shape index (κ1) is 18.6. The Morgan fingerprint density at radius 1 is 0.960 bits per heavy atom. The van der Waals surface area contributed by atoms with Crippen LogP contribution in [0, 0.1) is 0 Å². The number of carbonyl (C=O) groups excluding carboxylic acids is 1. The second-order valence-electron chi connectivity index (χ2n) is 4.79. The minimum absolute atomic E-state index is 0.195. The Hall–Kier alpha value is -2.71. The third-order valence-corrected chi connectivity index (χ3v) is 3.15. The van der Waals surface area contributed by atoms with E-state index in [-0.39, 0.29) is 11.1 Å². The Morgan fingerprint density at radius 2 is 1.60 bits per heavy atom. The summed E-state index contributed by atoms with van der Waals surface area (Å²) >= 11 is 0. The molecule has 9 heteroatoms. The summed E-state index contributed by atoms with van der Waals surface area (Å²) in [4.78, 5) is 11.5. The zero-order valence-electron chi connectivity index (χ0n) is 12.5. The zero-order valence-corrected chi connectivity index (χ0v) is 12.5. The van der Waals surface area contributed by atoms with Gasteiger partial charge in [-0.05, 0) is 23.8 Å². The van der Waals surface area contributed by atoms with Crippen molar-refractivity contribution in [1.29, 1.82) is 0 Å². The molecule has 0 aliphatic rings. The summed E-state index contributed by atoms with van der Waals surface area (Å²) in [5.41, 5.74) is -2.46. The van der Waals surface area contributed by atoms with Crippen molar-refractivity contribution in [3.05, 3.63) is 53.6 Å². The van der Waals surface area contributed by atoms with E-state index >= 15 is 0 Å². The molecule has 0 unspecified atom stereocenters. The highest BCUT2D eigenvalue weighted by atomic mass is 19.4. The molecule has 0 bridgehead atoms. The predicted molar refractivity (Wildman–Crippen MR) is 74.9 cm³/mol. The second-order valence-corrected chi connectivity index (χ2v) is 4.79.